The fourth-order valence-corrected chi connectivity index (χ4v) is 2.46. The normalized spacial score (nSPS) is 10.6. The zero-order valence-electron chi connectivity index (χ0n) is 14.0. The first-order chi connectivity index (χ1) is 13.0. The van der Waals surface area contributed by atoms with E-state index in [2.05, 4.69) is 5.32 Å². The van der Waals surface area contributed by atoms with Crippen molar-refractivity contribution in [3.8, 4) is 5.75 Å². The fourth-order valence-electron chi connectivity index (χ4n) is 2.46. The molecule has 3 rings (SSSR count). The Morgan fingerprint density at radius 1 is 1.00 bits per heavy atom. The third-order valence-corrected chi connectivity index (χ3v) is 3.84. The van der Waals surface area contributed by atoms with Crippen LogP contribution in [0.2, 0.25) is 0 Å². The summed E-state index contributed by atoms with van der Waals surface area (Å²) in [5.41, 5.74) is -0.0504. The first-order valence-electron chi connectivity index (χ1n) is 7.94. The SMILES string of the molecule is O=C(Nc1ccc(F)c(F)c1F)N(Cc1ccco1)Cc1ccccc1O. The molecule has 0 bridgehead atoms. The van der Waals surface area contributed by atoms with Crippen LogP contribution in [0.25, 0.3) is 0 Å². The van der Waals surface area contributed by atoms with Gasteiger partial charge in [0.1, 0.15) is 11.5 Å². The number of hydrogen-bond donors (Lipinski definition) is 2. The van der Waals surface area contributed by atoms with Crippen LogP contribution in [0, 0.1) is 17.5 Å². The Morgan fingerprint density at radius 3 is 2.48 bits per heavy atom. The lowest BCUT2D eigenvalue weighted by atomic mass is 10.2. The molecule has 0 aliphatic rings. The van der Waals surface area contributed by atoms with Gasteiger partial charge in [-0.3, -0.25) is 0 Å². The number of aromatic hydroxyl groups is 1. The number of urea groups is 1. The van der Waals surface area contributed by atoms with E-state index in [1.807, 2.05) is 0 Å². The van der Waals surface area contributed by atoms with Crippen molar-refractivity contribution in [1.82, 2.24) is 4.90 Å². The van der Waals surface area contributed by atoms with E-state index in [1.165, 1.54) is 17.2 Å². The minimum Gasteiger partial charge on any atom is -0.508 e. The highest BCUT2D eigenvalue weighted by Crippen LogP contribution is 2.23. The number of halogens is 3. The van der Waals surface area contributed by atoms with Crippen molar-refractivity contribution in [2.75, 3.05) is 5.32 Å². The van der Waals surface area contributed by atoms with Crippen LogP contribution in [-0.4, -0.2) is 16.0 Å². The van der Waals surface area contributed by atoms with Gasteiger partial charge in [0, 0.05) is 5.56 Å². The number of carbonyl (C=O) groups is 1. The quantitative estimate of drug-likeness (QED) is 0.638. The van der Waals surface area contributed by atoms with Crippen molar-refractivity contribution in [2.45, 2.75) is 13.1 Å². The Hall–Kier alpha value is -3.42. The number of nitrogens with zero attached hydrogens (tertiary/aromatic N) is 1. The van der Waals surface area contributed by atoms with Crippen LogP contribution in [-0.2, 0) is 13.1 Å². The third-order valence-electron chi connectivity index (χ3n) is 3.84. The number of nitrogens with one attached hydrogen (secondary N) is 1. The smallest absolute Gasteiger partial charge is 0.322 e. The fraction of sp³-hybridized carbons (Fsp3) is 0.105. The molecule has 2 amide bonds. The molecular formula is C19H15F3N2O3. The molecule has 2 aromatic carbocycles. The lowest BCUT2D eigenvalue weighted by Gasteiger charge is -2.23. The molecule has 1 heterocycles. The number of rotatable bonds is 5. The Labute approximate surface area is 152 Å². The van der Waals surface area contributed by atoms with Crippen molar-refractivity contribution in [2.24, 2.45) is 0 Å². The van der Waals surface area contributed by atoms with Crippen molar-refractivity contribution in [1.29, 1.82) is 0 Å². The molecule has 0 fully saturated rings. The highest BCUT2D eigenvalue weighted by molar-refractivity contribution is 5.89. The van der Waals surface area contributed by atoms with Crippen LogP contribution in [0.5, 0.6) is 5.75 Å². The number of phenolic OH excluding ortho intramolecular Hbond substituents is 1. The van der Waals surface area contributed by atoms with Crippen LogP contribution in [0.3, 0.4) is 0 Å². The number of hydrogen-bond acceptors (Lipinski definition) is 3. The molecule has 0 unspecified atom stereocenters. The van der Waals surface area contributed by atoms with Gasteiger partial charge in [-0.15, -0.1) is 0 Å². The van der Waals surface area contributed by atoms with E-state index in [0.29, 0.717) is 17.4 Å². The van der Waals surface area contributed by atoms with E-state index in [4.69, 9.17) is 4.42 Å². The van der Waals surface area contributed by atoms with Crippen molar-refractivity contribution < 1.29 is 27.5 Å². The zero-order valence-corrected chi connectivity index (χ0v) is 14.0. The summed E-state index contributed by atoms with van der Waals surface area (Å²) in [4.78, 5) is 13.8. The van der Waals surface area contributed by atoms with Gasteiger partial charge in [-0.2, -0.15) is 0 Å². The molecular weight excluding hydrogens is 361 g/mol. The van der Waals surface area contributed by atoms with E-state index >= 15 is 0 Å². The molecule has 8 heteroatoms. The maximum Gasteiger partial charge on any atom is 0.322 e. The Kier molecular flexibility index (Phi) is 5.35. The van der Waals surface area contributed by atoms with Gasteiger partial charge >= 0.3 is 6.03 Å². The predicted octanol–water partition coefficient (Wildman–Crippen LogP) is 4.64. The summed E-state index contributed by atoms with van der Waals surface area (Å²) in [7, 11) is 0. The van der Waals surface area contributed by atoms with E-state index in [0.717, 1.165) is 6.07 Å². The highest BCUT2D eigenvalue weighted by atomic mass is 19.2. The molecule has 0 radical (unpaired) electrons. The number of benzene rings is 2. The van der Waals surface area contributed by atoms with Gasteiger partial charge < -0.3 is 19.7 Å². The number of anilines is 1. The zero-order chi connectivity index (χ0) is 19.4. The van der Waals surface area contributed by atoms with Gasteiger partial charge in [0.25, 0.3) is 0 Å². The molecule has 0 aliphatic carbocycles. The van der Waals surface area contributed by atoms with Crippen LogP contribution in [0.1, 0.15) is 11.3 Å². The second-order valence-corrected chi connectivity index (χ2v) is 5.72. The standard InChI is InChI=1S/C19H15F3N2O3/c20-14-7-8-15(18(22)17(14)21)23-19(26)24(11-13-5-3-9-27-13)10-12-4-1-2-6-16(12)25/h1-9,25H,10-11H2,(H,23,26). The third kappa shape index (κ3) is 4.22. The number of amides is 2. The van der Waals surface area contributed by atoms with E-state index in [1.54, 1.807) is 30.3 Å². The molecule has 0 aliphatic heterocycles. The van der Waals surface area contributed by atoms with Crippen LogP contribution < -0.4 is 5.32 Å². The van der Waals surface area contributed by atoms with E-state index in [-0.39, 0.29) is 18.8 Å². The van der Waals surface area contributed by atoms with E-state index < -0.39 is 29.2 Å². The maximum absolute atomic E-state index is 13.8. The van der Waals surface area contributed by atoms with Crippen LogP contribution in [0.15, 0.2) is 59.2 Å². The molecule has 0 spiro atoms. The van der Waals surface area contributed by atoms with Gasteiger partial charge in [0.2, 0.25) is 0 Å². The maximum atomic E-state index is 13.8. The molecule has 0 saturated carbocycles. The summed E-state index contributed by atoms with van der Waals surface area (Å²) in [6.45, 7) is -0.0109. The summed E-state index contributed by atoms with van der Waals surface area (Å²) in [6.07, 6.45) is 1.43. The number of para-hydroxylation sites is 1. The van der Waals surface area contributed by atoms with Crippen molar-refractivity contribution >= 4 is 11.7 Å². The van der Waals surface area contributed by atoms with Gasteiger partial charge in [-0.25, -0.2) is 18.0 Å². The molecule has 2 N–H and O–H groups in total. The van der Waals surface area contributed by atoms with E-state index in [9.17, 15) is 23.1 Å². The Balaban J connectivity index is 1.84. The molecule has 0 atom stereocenters. The first kappa shape index (κ1) is 18.4. The van der Waals surface area contributed by atoms with Gasteiger partial charge in [-0.1, -0.05) is 18.2 Å². The lowest BCUT2D eigenvalue weighted by Crippen LogP contribution is -2.34. The molecule has 27 heavy (non-hydrogen) atoms. The lowest BCUT2D eigenvalue weighted by molar-refractivity contribution is 0.200. The molecule has 1 aromatic heterocycles. The largest absolute Gasteiger partial charge is 0.508 e. The summed E-state index contributed by atoms with van der Waals surface area (Å²) < 4.78 is 45.5. The Bertz CT molecular complexity index is 945. The topological polar surface area (TPSA) is 65.7 Å². The van der Waals surface area contributed by atoms with Gasteiger partial charge in [-0.05, 0) is 30.3 Å². The average molecular weight is 376 g/mol. The highest BCUT2D eigenvalue weighted by Gasteiger charge is 2.21. The number of furan rings is 1. The van der Waals surface area contributed by atoms with Crippen molar-refractivity contribution in [3.63, 3.8) is 0 Å². The second-order valence-electron chi connectivity index (χ2n) is 5.72. The van der Waals surface area contributed by atoms with Crippen LogP contribution in [0.4, 0.5) is 23.7 Å². The van der Waals surface area contributed by atoms with Crippen molar-refractivity contribution in [3.05, 3.63) is 83.6 Å². The van der Waals surface area contributed by atoms with Gasteiger partial charge in [0.15, 0.2) is 17.5 Å². The number of carbonyl (C=O) groups excluding carboxylic acids is 1. The monoisotopic (exact) mass is 376 g/mol. The Morgan fingerprint density at radius 2 is 1.78 bits per heavy atom. The predicted molar refractivity (Wildman–Crippen MR) is 91.4 cm³/mol. The summed E-state index contributed by atoms with van der Waals surface area (Å²) in [5, 5.41) is 12.1. The first-order valence-corrected chi connectivity index (χ1v) is 7.94. The molecule has 0 saturated heterocycles. The molecule has 140 valence electrons. The van der Waals surface area contributed by atoms with Gasteiger partial charge in [0.05, 0.1) is 25.0 Å². The second kappa shape index (κ2) is 7.86. The molecule has 5 nitrogen and oxygen atoms in total. The number of phenols is 1. The molecule has 3 aromatic rings. The average Bonchev–Trinajstić information content (AvgIpc) is 3.16. The minimum atomic E-state index is -1.67. The van der Waals surface area contributed by atoms with Crippen LogP contribution >= 0.6 is 0 Å². The summed E-state index contributed by atoms with van der Waals surface area (Å²) >= 11 is 0. The minimum absolute atomic E-state index is 0.0124. The summed E-state index contributed by atoms with van der Waals surface area (Å²) in [6, 6.07) is 10.6. The summed E-state index contributed by atoms with van der Waals surface area (Å²) in [5.74, 6) is -4.10.